The molecule has 1 amide bonds. The molecular formula is C16H16N2O2S. The summed E-state index contributed by atoms with van der Waals surface area (Å²) >= 11 is 4.92. The van der Waals surface area contributed by atoms with E-state index in [1.807, 2.05) is 42.5 Å². The van der Waals surface area contributed by atoms with Gasteiger partial charge in [-0.3, -0.25) is 4.79 Å². The fourth-order valence-corrected chi connectivity index (χ4v) is 1.88. The number of hydrogen-bond acceptors (Lipinski definition) is 3. The largest absolute Gasteiger partial charge is 0.484 e. The van der Waals surface area contributed by atoms with E-state index in [4.69, 9.17) is 22.7 Å². The Balaban J connectivity index is 1.81. The van der Waals surface area contributed by atoms with Gasteiger partial charge in [-0.1, -0.05) is 48.6 Å². The number of ether oxygens (including phenoxy) is 1. The number of para-hydroxylation sites is 1. The van der Waals surface area contributed by atoms with Gasteiger partial charge in [0.15, 0.2) is 6.61 Å². The maximum absolute atomic E-state index is 11.7. The molecule has 4 nitrogen and oxygen atoms in total. The van der Waals surface area contributed by atoms with E-state index in [-0.39, 0.29) is 12.5 Å². The molecule has 5 heteroatoms. The number of hydrogen-bond donors (Lipinski definition) is 2. The minimum atomic E-state index is -0.181. The summed E-state index contributed by atoms with van der Waals surface area (Å²) in [6.45, 7) is 0.395. The molecule has 0 saturated carbocycles. The second kappa shape index (κ2) is 7.40. The van der Waals surface area contributed by atoms with Gasteiger partial charge in [0.25, 0.3) is 5.91 Å². The monoisotopic (exact) mass is 300 g/mol. The molecule has 0 aliphatic carbocycles. The number of rotatable bonds is 6. The second-order valence-electron chi connectivity index (χ2n) is 4.44. The lowest BCUT2D eigenvalue weighted by atomic mass is 10.1. The Hall–Kier alpha value is -2.40. The van der Waals surface area contributed by atoms with E-state index in [1.54, 1.807) is 12.1 Å². The minimum absolute atomic E-state index is 0.0149. The van der Waals surface area contributed by atoms with Crippen molar-refractivity contribution in [1.82, 2.24) is 5.32 Å². The Labute approximate surface area is 128 Å². The minimum Gasteiger partial charge on any atom is -0.484 e. The first-order chi connectivity index (χ1) is 10.1. The molecule has 108 valence electrons. The summed E-state index contributed by atoms with van der Waals surface area (Å²) in [6, 6.07) is 16.7. The predicted molar refractivity (Wildman–Crippen MR) is 86.1 cm³/mol. The number of nitrogens with two attached hydrogens (primary N) is 1. The molecule has 2 aromatic rings. The van der Waals surface area contributed by atoms with E-state index in [9.17, 15) is 4.79 Å². The van der Waals surface area contributed by atoms with Gasteiger partial charge in [0, 0.05) is 12.1 Å². The van der Waals surface area contributed by atoms with Crippen LogP contribution in [0.15, 0.2) is 54.6 Å². The molecule has 21 heavy (non-hydrogen) atoms. The summed E-state index contributed by atoms with van der Waals surface area (Å²) in [4.78, 5) is 12.1. The van der Waals surface area contributed by atoms with E-state index < -0.39 is 0 Å². The number of nitrogens with one attached hydrogen (secondary N) is 1. The van der Waals surface area contributed by atoms with Crippen molar-refractivity contribution in [1.29, 1.82) is 0 Å². The SMILES string of the molecule is NC(=S)c1cccc(CNC(=O)COc2ccccc2)c1. The molecule has 3 N–H and O–H groups in total. The molecule has 2 rings (SSSR count). The average molecular weight is 300 g/mol. The van der Waals surface area contributed by atoms with Gasteiger partial charge in [0.05, 0.1) is 0 Å². The lowest BCUT2D eigenvalue weighted by Crippen LogP contribution is -2.28. The highest BCUT2D eigenvalue weighted by Gasteiger charge is 2.04. The second-order valence-corrected chi connectivity index (χ2v) is 4.88. The molecule has 0 atom stereocenters. The van der Waals surface area contributed by atoms with Gasteiger partial charge in [-0.2, -0.15) is 0 Å². The normalized spacial score (nSPS) is 9.90. The highest BCUT2D eigenvalue weighted by Crippen LogP contribution is 2.08. The molecule has 0 fully saturated rings. The third-order valence-electron chi connectivity index (χ3n) is 2.81. The van der Waals surface area contributed by atoms with Crippen LogP contribution in [0, 0.1) is 0 Å². The summed E-state index contributed by atoms with van der Waals surface area (Å²) in [7, 11) is 0. The van der Waals surface area contributed by atoms with Crippen LogP contribution in [0.3, 0.4) is 0 Å². The number of carbonyl (C=O) groups excluding carboxylic acids is 1. The standard InChI is InChI=1S/C16H16N2O2S/c17-16(21)13-6-4-5-12(9-13)10-18-15(19)11-20-14-7-2-1-3-8-14/h1-9H,10-11H2,(H2,17,21)(H,18,19). The Morgan fingerprint density at radius 1 is 1.14 bits per heavy atom. The molecule has 0 heterocycles. The number of benzene rings is 2. The van der Waals surface area contributed by atoms with Crippen molar-refractivity contribution in [2.24, 2.45) is 5.73 Å². The summed E-state index contributed by atoms with van der Waals surface area (Å²) in [5, 5.41) is 2.79. The topological polar surface area (TPSA) is 64.3 Å². The van der Waals surface area contributed by atoms with E-state index >= 15 is 0 Å². The highest BCUT2D eigenvalue weighted by atomic mass is 32.1. The molecule has 0 aliphatic heterocycles. The number of thiocarbonyl (C=S) groups is 1. The Morgan fingerprint density at radius 2 is 1.90 bits per heavy atom. The molecule has 0 aliphatic rings. The molecule has 0 radical (unpaired) electrons. The summed E-state index contributed by atoms with van der Waals surface area (Å²) in [6.07, 6.45) is 0. The Bertz CT molecular complexity index is 629. The molecule has 0 saturated heterocycles. The zero-order valence-corrected chi connectivity index (χ0v) is 12.2. The van der Waals surface area contributed by atoms with Crippen molar-refractivity contribution in [3.05, 3.63) is 65.7 Å². The average Bonchev–Trinajstić information content (AvgIpc) is 2.52. The summed E-state index contributed by atoms with van der Waals surface area (Å²) in [5.41, 5.74) is 7.30. The molecule has 2 aromatic carbocycles. The fourth-order valence-electron chi connectivity index (χ4n) is 1.75. The smallest absolute Gasteiger partial charge is 0.258 e. The Kier molecular flexibility index (Phi) is 5.29. The van der Waals surface area contributed by atoms with Crippen LogP contribution in [0.25, 0.3) is 0 Å². The van der Waals surface area contributed by atoms with Crippen LogP contribution in [0.5, 0.6) is 5.75 Å². The molecule has 0 spiro atoms. The van der Waals surface area contributed by atoms with Crippen LogP contribution in [0.1, 0.15) is 11.1 Å². The fraction of sp³-hybridized carbons (Fsp3) is 0.125. The molecule has 0 bridgehead atoms. The lowest BCUT2D eigenvalue weighted by molar-refractivity contribution is -0.123. The van der Waals surface area contributed by atoms with E-state index in [0.717, 1.165) is 11.1 Å². The zero-order chi connectivity index (χ0) is 15.1. The van der Waals surface area contributed by atoms with E-state index in [1.165, 1.54) is 0 Å². The summed E-state index contributed by atoms with van der Waals surface area (Å²) < 4.78 is 5.37. The maximum atomic E-state index is 11.7. The van der Waals surface area contributed by atoms with Gasteiger partial charge in [-0.25, -0.2) is 0 Å². The third-order valence-corrected chi connectivity index (χ3v) is 3.05. The number of carbonyl (C=O) groups is 1. The van der Waals surface area contributed by atoms with Gasteiger partial charge in [-0.15, -0.1) is 0 Å². The highest BCUT2D eigenvalue weighted by molar-refractivity contribution is 7.80. The first kappa shape index (κ1) is 15.0. The predicted octanol–water partition coefficient (Wildman–Crippen LogP) is 2.02. The maximum Gasteiger partial charge on any atom is 0.258 e. The first-order valence-electron chi connectivity index (χ1n) is 6.48. The first-order valence-corrected chi connectivity index (χ1v) is 6.89. The zero-order valence-electron chi connectivity index (χ0n) is 11.4. The Morgan fingerprint density at radius 3 is 2.62 bits per heavy atom. The van der Waals surface area contributed by atoms with Gasteiger partial charge < -0.3 is 15.8 Å². The van der Waals surface area contributed by atoms with Gasteiger partial charge >= 0.3 is 0 Å². The van der Waals surface area contributed by atoms with Gasteiger partial charge in [-0.05, 0) is 23.8 Å². The van der Waals surface area contributed by atoms with Crippen molar-refractivity contribution >= 4 is 23.1 Å². The van der Waals surface area contributed by atoms with E-state index in [2.05, 4.69) is 5.32 Å². The van der Waals surface area contributed by atoms with Crippen molar-refractivity contribution in [2.75, 3.05) is 6.61 Å². The van der Waals surface area contributed by atoms with Crippen LogP contribution in [-0.4, -0.2) is 17.5 Å². The van der Waals surface area contributed by atoms with Crippen LogP contribution < -0.4 is 15.8 Å². The van der Waals surface area contributed by atoms with Crippen LogP contribution >= 0.6 is 12.2 Å². The van der Waals surface area contributed by atoms with Gasteiger partial charge in [0.2, 0.25) is 0 Å². The third kappa shape index (κ3) is 4.89. The molecule has 0 aromatic heterocycles. The lowest BCUT2D eigenvalue weighted by Gasteiger charge is -2.08. The van der Waals surface area contributed by atoms with E-state index in [0.29, 0.717) is 17.3 Å². The van der Waals surface area contributed by atoms with Crippen LogP contribution in [0.2, 0.25) is 0 Å². The van der Waals surface area contributed by atoms with Crippen molar-refractivity contribution in [3.63, 3.8) is 0 Å². The van der Waals surface area contributed by atoms with Gasteiger partial charge in [0.1, 0.15) is 10.7 Å². The van der Waals surface area contributed by atoms with Crippen LogP contribution in [0.4, 0.5) is 0 Å². The van der Waals surface area contributed by atoms with Crippen molar-refractivity contribution in [3.8, 4) is 5.75 Å². The quantitative estimate of drug-likeness (QED) is 0.801. The number of amides is 1. The molecule has 0 unspecified atom stereocenters. The van der Waals surface area contributed by atoms with Crippen LogP contribution in [-0.2, 0) is 11.3 Å². The molecular weight excluding hydrogens is 284 g/mol. The van der Waals surface area contributed by atoms with Crippen molar-refractivity contribution < 1.29 is 9.53 Å². The summed E-state index contributed by atoms with van der Waals surface area (Å²) in [5.74, 6) is 0.489. The van der Waals surface area contributed by atoms with Crippen molar-refractivity contribution in [2.45, 2.75) is 6.54 Å².